The molecule has 1 atom stereocenters. The lowest BCUT2D eigenvalue weighted by atomic mass is 10.1. The number of rotatable bonds is 4. The van der Waals surface area contributed by atoms with E-state index in [1.54, 1.807) is 0 Å². The fraction of sp³-hybridized carbons (Fsp3) is 0.562. The highest BCUT2D eigenvalue weighted by Crippen LogP contribution is 2.09. The summed E-state index contributed by atoms with van der Waals surface area (Å²) in [5.41, 5.74) is 7.19. The first kappa shape index (κ1) is 21.2. The molecule has 1 amide bonds. The van der Waals surface area contributed by atoms with Crippen molar-refractivity contribution in [2.75, 3.05) is 26.2 Å². The second-order valence-electron chi connectivity index (χ2n) is 5.75. The van der Waals surface area contributed by atoms with Crippen molar-refractivity contribution in [1.82, 2.24) is 9.80 Å². The predicted molar refractivity (Wildman–Crippen MR) is 95.9 cm³/mol. The summed E-state index contributed by atoms with van der Waals surface area (Å²) in [5, 5.41) is 0. The molecule has 1 unspecified atom stereocenters. The zero-order chi connectivity index (χ0) is 14.5. The Morgan fingerprint density at radius 3 is 2.14 bits per heavy atom. The molecule has 1 saturated heterocycles. The molecule has 0 aliphatic carbocycles. The van der Waals surface area contributed by atoms with Crippen LogP contribution in [0.25, 0.3) is 0 Å². The minimum absolute atomic E-state index is 0. The second-order valence-corrected chi connectivity index (χ2v) is 5.75. The molecule has 1 heterocycles. The quantitative estimate of drug-likeness (QED) is 0.905. The summed E-state index contributed by atoms with van der Waals surface area (Å²) in [6.07, 6.45) is 0.615. The van der Waals surface area contributed by atoms with Crippen molar-refractivity contribution < 1.29 is 4.79 Å². The molecular weight excluding hydrogens is 321 g/mol. The molecule has 22 heavy (non-hydrogen) atoms. The molecule has 6 heteroatoms. The third-order valence-corrected chi connectivity index (χ3v) is 3.97. The summed E-state index contributed by atoms with van der Waals surface area (Å²) in [4.78, 5) is 16.7. The minimum Gasteiger partial charge on any atom is -0.339 e. The fourth-order valence-corrected chi connectivity index (χ4v) is 2.65. The maximum Gasteiger partial charge on any atom is 0.239 e. The molecule has 4 nitrogen and oxygen atoms in total. The highest BCUT2D eigenvalue weighted by atomic mass is 35.5. The number of carbonyl (C=O) groups is 1. The summed E-state index contributed by atoms with van der Waals surface area (Å²) in [6, 6.07) is 10.1. The number of hydrogen-bond donors (Lipinski definition) is 1. The van der Waals surface area contributed by atoms with Crippen LogP contribution >= 0.6 is 24.8 Å². The predicted octanol–water partition coefficient (Wildman–Crippen LogP) is 1.95. The van der Waals surface area contributed by atoms with Crippen molar-refractivity contribution in [3.05, 3.63) is 35.9 Å². The highest BCUT2D eigenvalue weighted by Gasteiger charge is 2.26. The van der Waals surface area contributed by atoms with Crippen LogP contribution in [-0.4, -0.2) is 54.0 Å². The van der Waals surface area contributed by atoms with Crippen LogP contribution < -0.4 is 5.73 Å². The number of amides is 1. The van der Waals surface area contributed by atoms with E-state index >= 15 is 0 Å². The van der Waals surface area contributed by atoms with E-state index in [2.05, 4.69) is 18.7 Å². The molecule has 0 spiro atoms. The third kappa shape index (κ3) is 5.76. The molecule has 1 aromatic carbocycles. The smallest absolute Gasteiger partial charge is 0.239 e. The number of piperazine rings is 1. The zero-order valence-corrected chi connectivity index (χ0v) is 14.9. The van der Waals surface area contributed by atoms with Crippen LogP contribution in [0, 0.1) is 0 Å². The van der Waals surface area contributed by atoms with E-state index in [1.165, 1.54) is 0 Å². The standard InChI is InChI=1S/C16H25N3O.2ClH/c1-13(2)18-8-10-19(11-9-18)16(20)15(17)12-14-6-4-3-5-7-14;;/h3-7,13,15H,8-12,17H2,1-2H3;2*1H. The summed E-state index contributed by atoms with van der Waals surface area (Å²) in [5.74, 6) is 0.0808. The summed E-state index contributed by atoms with van der Waals surface area (Å²) >= 11 is 0. The average Bonchev–Trinajstić information content (AvgIpc) is 2.47. The Balaban J connectivity index is 0.00000220. The normalized spacial score (nSPS) is 16.6. The molecule has 0 aromatic heterocycles. The molecule has 0 saturated carbocycles. The highest BCUT2D eigenvalue weighted by molar-refractivity contribution is 5.85. The molecule has 126 valence electrons. The average molecular weight is 348 g/mol. The van der Waals surface area contributed by atoms with Crippen molar-refractivity contribution in [3.8, 4) is 0 Å². The maximum atomic E-state index is 12.4. The van der Waals surface area contributed by atoms with Crippen molar-refractivity contribution >= 4 is 30.7 Å². The molecule has 1 aliphatic heterocycles. The molecule has 2 N–H and O–H groups in total. The van der Waals surface area contributed by atoms with Crippen LogP contribution in [0.15, 0.2) is 30.3 Å². The Bertz CT molecular complexity index is 434. The lowest BCUT2D eigenvalue weighted by Crippen LogP contribution is -2.54. The largest absolute Gasteiger partial charge is 0.339 e. The van der Waals surface area contributed by atoms with Crippen LogP contribution in [0.2, 0.25) is 0 Å². The van der Waals surface area contributed by atoms with Gasteiger partial charge in [0.25, 0.3) is 0 Å². The minimum atomic E-state index is -0.428. The summed E-state index contributed by atoms with van der Waals surface area (Å²) < 4.78 is 0. The van der Waals surface area contributed by atoms with Gasteiger partial charge in [0.05, 0.1) is 6.04 Å². The Morgan fingerprint density at radius 2 is 1.64 bits per heavy atom. The third-order valence-electron chi connectivity index (χ3n) is 3.97. The van der Waals surface area contributed by atoms with Crippen LogP contribution in [-0.2, 0) is 11.2 Å². The van der Waals surface area contributed by atoms with Gasteiger partial charge in [-0.2, -0.15) is 0 Å². The van der Waals surface area contributed by atoms with Crippen LogP contribution in [0.3, 0.4) is 0 Å². The van der Waals surface area contributed by atoms with Gasteiger partial charge in [-0.15, -0.1) is 24.8 Å². The van der Waals surface area contributed by atoms with Crippen molar-refractivity contribution in [1.29, 1.82) is 0 Å². The van der Waals surface area contributed by atoms with Gasteiger partial charge in [-0.25, -0.2) is 0 Å². The van der Waals surface area contributed by atoms with Gasteiger partial charge in [0.2, 0.25) is 5.91 Å². The molecule has 0 radical (unpaired) electrons. The van der Waals surface area contributed by atoms with Gasteiger partial charge in [0.1, 0.15) is 0 Å². The monoisotopic (exact) mass is 347 g/mol. The molecule has 1 aliphatic rings. The molecular formula is C16H27Cl2N3O. The lowest BCUT2D eigenvalue weighted by Gasteiger charge is -2.37. The van der Waals surface area contributed by atoms with Crippen LogP contribution in [0.5, 0.6) is 0 Å². The number of carbonyl (C=O) groups excluding carboxylic acids is 1. The van der Waals surface area contributed by atoms with E-state index in [0.29, 0.717) is 12.5 Å². The SMILES string of the molecule is CC(C)N1CCN(C(=O)C(N)Cc2ccccc2)CC1.Cl.Cl. The van der Waals surface area contributed by atoms with Gasteiger partial charge < -0.3 is 10.6 Å². The Kier molecular flexibility index (Phi) is 9.69. The van der Waals surface area contributed by atoms with Crippen molar-refractivity contribution in [2.24, 2.45) is 5.73 Å². The Hall–Kier alpha value is -0.810. The first-order valence-corrected chi connectivity index (χ1v) is 7.40. The first-order chi connectivity index (χ1) is 9.58. The van der Waals surface area contributed by atoms with E-state index in [0.717, 1.165) is 31.7 Å². The van der Waals surface area contributed by atoms with Gasteiger partial charge in [0, 0.05) is 32.2 Å². The first-order valence-electron chi connectivity index (χ1n) is 7.40. The van der Waals surface area contributed by atoms with Gasteiger partial charge >= 0.3 is 0 Å². The lowest BCUT2D eigenvalue weighted by molar-refractivity contribution is -0.134. The van der Waals surface area contributed by atoms with Crippen LogP contribution in [0.1, 0.15) is 19.4 Å². The van der Waals surface area contributed by atoms with E-state index in [4.69, 9.17) is 5.73 Å². The zero-order valence-electron chi connectivity index (χ0n) is 13.3. The van der Waals surface area contributed by atoms with E-state index < -0.39 is 6.04 Å². The van der Waals surface area contributed by atoms with Gasteiger partial charge in [-0.1, -0.05) is 30.3 Å². The number of hydrogen-bond acceptors (Lipinski definition) is 3. The van der Waals surface area contributed by atoms with E-state index in [9.17, 15) is 4.79 Å². The molecule has 1 aromatic rings. The second kappa shape index (κ2) is 10.1. The molecule has 2 rings (SSSR count). The Labute approximate surface area is 145 Å². The van der Waals surface area contributed by atoms with Gasteiger partial charge in [0.15, 0.2) is 0 Å². The maximum absolute atomic E-state index is 12.4. The van der Waals surface area contributed by atoms with Crippen molar-refractivity contribution in [3.63, 3.8) is 0 Å². The molecule has 1 fully saturated rings. The number of halogens is 2. The van der Waals surface area contributed by atoms with Crippen LogP contribution in [0.4, 0.5) is 0 Å². The number of nitrogens with zero attached hydrogens (tertiary/aromatic N) is 2. The topological polar surface area (TPSA) is 49.6 Å². The van der Waals surface area contributed by atoms with E-state index in [1.807, 2.05) is 35.2 Å². The summed E-state index contributed by atoms with van der Waals surface area (Å²) in [6.45, 7) is 7.86. The van der Waals surface area contributed by atoms with Gasteiger partial charge in [-0.3, -0.25) is 9.69 Å². The van der Waals surface area contributed by atoms with Crippen molar-refractivity contribution in [2.45, 2.75) is 32.4 Å². The Morgan fingerprint density at radius 1 is 1.09 bits per heavy atom. The molecule has 0 bridgehead atoms. The number of nitrogens with two attached hydrogens (primary N) is 1. The van der Waals surface area contributed by atoms with E-state index in [-0.39, 0.29) is 30.7 Å². The fourth-order valence-electron chi connectivity index (χ4n) is 2.65. The van der Waals surface area contributed by atoms with Gasteiger partial charge in [-0.05, 0) is 25.8 Å². The summed E-state index contributed by atoms with van der Waals surface area (Å²) in [7, 11) is 0. The number of benzene rings is 1.